The number of aryl methyl sites for hydroxylation is 1. The second-order valence-corrected chi connectivity index (χ2v) is 9.64. The summed E-state index contributed by atoms with van der Waals surface area (Å²) in [6.45, 7) is 4.40. The molecule has 0 aromatic heterocycles. The van der Waals surface area contributed by atoms with E-state index in [1.807, 2.05) is 18.2 Å². The van der Waals surface area contributed by atoms with Crippen molar-refractivity contribution < 1.29 is 9.53 Å². The van der Waals surface area contributed by atoms with Crippen LogP contribution in [0.4, 0.5) is 11.4 Å². The molecule has 5 nitrogen and oxygen atoms in total. The van der Waals surface area contributed by atoms with Crippen molar-refractivity contribution in [3.63, 3.8) is 0 Å². The molecule has 35 heavy (non-hydrogen) atoms. The Kier molecular flexibility index (Phi) is 7.76. The number of methoxy groups -OCH3 is 1. The van der Waals surface area contributed by atoms with E-state index in [1.54, 1.807) is 26.0 Å². The number of nitrogens with one attached hydrogen (secondary N) is 2. The molecule has 1 aliphatic rings. The summed E-state index contributed by atoms with van der Waals surface area (Å²) in [6.07, 6.45) is 5.89. The van der Waals surface area contributed by atoms with Crippen molar-refractivity contribution in [2.45, 2.75) is 58.2 Å². The van der Waals surface area contributed by atoms with Gasteiger partial charge in [-0.3, -0.25) is 10.1 Å². The molecule has 2 N–H and O–H groups in total. The molecule has 1 fully saturated rings. The van der Waals surface area contributed by atoms with Crippen LogP contribution in [0.15, 0.2) is 66.7 Å². The molecule has 3 aromatic carbocycles. The molecule has 0 radical (unpaired) electrons. The number of rotatable bonds is 8. The van der Waals surface area contributed by atoms with Crippen LogP contribution in [0.2, 0.25) is 0 Å². The Morgan fingerprint density at radius 3 is 2.23 bits per heavy atom. The fourth-order valence-corrected chi connectivity index (χ4v) is 4.83. The van der Waals surface area contributed by atoms with E-state index in [-0.39, 0.29) is 11.6 Å². The second-order valence-electron chi connectivity index (χ2n) is 9.64. The molecule has 0 saturated heterocycles. The Morgan fingerprint density at radius 1 is 0.943 bits per heavy atom. The summed E-state index contributed by atoms with van der Waals surface area (Å²) in [5.74, 6) is 0.905. The maximum Gasteiger partial charge on any atom is 0.223 e. The molecule has 184 valence electrons. The van der Waals surface area contributed by atoms with Crippen LogP contribution in [0.1, 0.15) is 50.2 Å². The van der Waals surface area contributed by atoms with Gasteiger partial charge in [-0.05, 0) is 80.1 Å². The van der Waals surface area contributed by atoms with E-state index in [2.05, 4.69) is 66.1 Å². The Morgan fingerprint density at radius 2 is 1.60 bits per heavy atom. The molecular weight excluding hydrogens is 434 g/mol. The fraction of sp³-hybridized carbons (Fsp3) is 0.367. The van der Waals surface area contributed by atoms with E-state index in [4.69, 9.17) is 4.74 Å². The highest BCUT2D eigenvalue weighted by Gasteiger charge is 2.31. The van der Waals surface area contributed by atoms with E-state index >= 15 is 0 Å². The first-order valence-corrected chi connectivity index (χ1v) is 12.5. The molecule has 0 unspecified atom stereocenters. The Labute approximate surface area is 209 Å². The number of hydrogen-bond donors (Lipinski definition) is 2. The van der Waals surface area contributed by atoms with Crippen LogP contribution in [-0.4, -0.2) is 25.7 Å². The van der Waals surface area contributed by atoms with E-state index < -0.39 is 0 Å². The summed E-state index contributed by atoms with van der Waals surface area (Å²) in [5.41, 5.74) is 6.55. The van der Waals surface area contributed by atoms with Crippen LogP contribution < -0.4 is 20.3 Å². The van der Waals surface area contributed by atoms with Crippen molar-refractivity contribution in [1.82, 2.24) is 5.32 Å². The highest BCUT2D eigenvalue weighted by atomic mass is 16.5. The summed E-state index contributed by atoms with van der Waals surface area (Å²) in [4.78, 5) is 13.3. The number of ether oxygens (including phenoxy) is 1. The molecule has 1 saturated carbocycles. The first-order chi connectivity index (χ1) is 16.9. The van der Waals surface area contributed by atoms with Gasteiger partial charge >= 0.3 is 0 Å². The van der Waals surface area contributed by atoms with Crippen molar-refractivity contribution in [3.8, 4) is 16.9 Å². The van der Waals surface area contributed by atoms with Gasteiger partial charge in [-0.1, -0.05) is 42.3 Å². The van der Waals surface area contributed by atoms with Crippen LogP contribution >= 0.6 is 0 Å². The minimum atomic E-state index is -0.132. The number of hydrogen-bond acceptors (Lipinski definition) is 4. The van der Waals surface area contributed by atoms with E-state index in [0.29, 0.717) is 6.54 Å². The topological polar surface area (TPSA) is 53.6 Å². The summed E-state index contributed by atoms with van der Waals surface area (Å²) in [5, 5.41) is 7.69. The van der Waals surface area contributed by atoms with Crippen LogP contribution in [0.5, 0.6) is 5.75 Å². The van der Waals surface area contributed by atoms with Crippen LogP contribution in [0.3, 0.4) is 0 Å². The lowest BCUT2D eigenvalue weighted by Crippen LogP contribution is -2.52. The monoisotopic (exact) mass is 471 g/mol. The lowest BCUT2D eigenvalue weighted by molar-refractivity contribution is -0.116. The highest BCUT2D eigenvalue weighted by molar-refractivity contribution is 5.91. The van der Waals surface area contributed by atoms with Gasteiger partial charge in [-0.15, -0.1) is 0 Å². The predicted octanol–water partition coefficient (Wildman–Crippen LogP) is 6.52. The van der Waals surface area contributed by atoms with Gasteiger partial charge in [0.2, 0.25) is 5.91 Å². The summed E-state index contributed by atoms with van der Waals surface area (Å²) >= 11 is 0. The number of benzene rings is 3. The van der Waals surface area contributed by atoms with Crippen molar-refractivity contribution in [2.75, 3.05) is 24.4 Å². The van der Waals surface area contributed by atoms with Crippen molar-refractivity contribution in [3.05, 3.63) is 77.9 Å². The largest absolute Gasteiger partial charge is 0.496 e. The zero-order valence-electron chi connectivity index (χ0n) is 21.4. The minimum Gasteiger partial charge on any atom is -0.496 e. The van der Waals surface area contributed by atoms with Gasteiger partial charge in [0, 0.05) is 37.5 Å². The van der Waals surface area contributed by atoms with Gasteiger partial charge in [-0.25, -0.2) is 0 Å². The summed E-state index contributed by atoms with van der Waals surface area (Å²) in [7, 11) is 3.52. The van der Waals surface area contributed by atoms with Crippen LogP contribution in [0, 0.1) is 6.92 Å². The number of carbonyl (C=O) groups is 1. The van der Waals surface area contributed by atoms with E-state index in [1.165, 1.54) is 24.8 Å². The summed E-state index contributed by atoms with van der Waals surface area (Å²) in [6, 6.07) is 23.1. The van der Waals surface area contributed by atoms with Gasteiger partial charge < -0.3 is 15.0 Å². The van der Waals surface area contributed by atoms with Gasteiger partial charge in [0.1, 0.15) is 5.75 Å². The number of carbonyl (C=O) groups excluding carboxylic acids is 1. The Hall–Kier alpha value is -3.31. The van der Waals surface area contributed by atoms with Crippen molar-refractivity contribution >= 4 is 17.3 Å². The molecular formula is C30H37N3O2. The number of nitrogens with zero attached hydrogens (tertiary/aromatic N) is 1. The average molecular weight is 472 g/mol. The smallest absolute Gasteiger partial charge is 0.223 e. The molecule has 1 amide bonds. The quantitative estimate of drug-likeness (QED) is 0.368. The Balaban J connectivity index is 1.55. The lowest BCUT2D eigenvalue weighted by atomic mass is 9.88. The average Bonchev–Trinajstić information content (AvgIpc) is 2.89. The molecule has 3 aromatic rings. The second kappa shape index (κ2) is 11.0. The maximum atomic E-state index is 11.7. The Bertz CT molecular complexity index is 1130. The number of amides is 1. The molecule has 5 heteroatoms. The predicted molar refractivity (Wildman–Crippen MR) is 145 cm³/mol. The van der Waals surface area contributed by atoms with Gasteiger partial charge in [-0.2, -0.15) is 0 Å². The van der Waals surface area contributed by atoms with E-state index in [9.17, 15) is 4.79 Å². The van der Waals surface area contributed by atoms with Gasteiger partial charge in [0.25, 0.3) is 0 Å². The van der Waals surface area contributed by atoms with Gasteiger partial charge in [0.05, 0.1) is 12.8 Å². The van der Waals surface area contributed by atoms with Crippen LogP contribution in [0.25, 0.3) is 11.1 Å². The molecule has 1 aliphatic carbocycles. The molecule has 0 atom stereocenters. The normalized spacial score (nSPS) is 14.9. The zero-order chi connectivity index (χ0) is 24.8. The molecule has 0 spiro atoms. The molecule has 0 heterocycles. The molecule has 4 rings (SSSR count). The third-order valence-electron chi connectivity index (χ3n) is 7.10. The van der Waals surface area contributed by atoms with Crippen molar-refractivity contribution in [2.24, 2.45) is 0 Å². The first-order valence-electron chi connectivity index (χ1n) is 12.5. The zero-order valence-corrected chi connectivity index (χ0v) is 21.4. The SMILES string of the molecule is COc1ccc(-c2ccc(N(C)C(C)=O)cc2)cc1CNC1(Nc2ccc(C)cc2)CCCCC1. The first kappa shape index (κ1) is 24.8. The third-order valence-corrected chi connectivity index (χ3v) is 7.10. The fourth-order valence-electron chi connectivity index (χ4n) is 4.83. The highest BCUT2D eigenvalue weighted by Crippen LogP contribution is 2.32. The standard InChI is InChI=1S/C30H37N3O2/c1-22-8-13-27(14-9-22)32-30(18-6-5-7-19-30)31-21-26-20-25(12-17-29(26)35-4)24-10-15-28(16-11-24)33(3)23(2)34/h8-17,20,31-32H,5-7,18-19,21H2,1-4H3. The minimum absolute atomic E-state index is 0.0199. The van der Waals surface area contributed by atoms with Gasteiger partial charge in [0.15, 0.2) is 0 Å². The molecule has 0 aliphatic heterocycles. The molecule has 0 bridgehead atoms. The van der Waals surface area contributed by atoms with E-state index in [0.717, 1.165) is 46.7 Å². The maximum absolute atomic E-state index is 11.7. The third kappa shape index (κ3) is 6.04. The van der Waals surface area contributed by atoms with Crippen molar-refractivity contribution in [1.29, 1.82) is 0 Å². The van der Waals surface area contributed by atoms with Crippen LogP contribution in [-0.2, 0) is 11.3 Å². The number of anilines is 2. The lowest BCUT2D eigenvalue weighted by Gasteiger charge is -2.40. The summed E-state index contributed by atoms with van der Waals surface area (Å²) < 4.78 is 5.71.